The SMILES string of the molecule is C[C@@H]1C[C@H](NC(=O)OC(C)(C)C)CN(c2ccncc2NC(=O)c2nc3cc(N4CCOCC4)ccc3cc2C(=O)OCc2ccccc2)C1. The van der Waals surface area contributed by atoms with Crippen LogP contribution >= 0.6 is 0 Å². The zero-order chi connectivity index (χ0) is 35.3. The molecule has 6 rings (SSSR count). The number of amides is 2. The second kappa shape index (κ2) is 15.1. The van der Waals surface area contributed by atoms with Gasteiger partial charge in [-0.05, 0) is 62.9 Å². The van der Waals surface area contributed by atoms with Gasteiger partial charge in [0.25, 0.3) is 5.91 Å². The minimum atomic E-state index is -0.655. The predicted molar refractivity (Wildman–Crippen MR) is 192 cm³/mol. The van der Waals surface area contributed by atoms with Gasteiger partial charge in [-0.15, -0.1) is 0 Å². The first-order chi connectivity index (χ1) is 24.0. The highest BCUT2D eigenvalue weighted by molar-refractivity contribution is 6.12. The lowest BCUT2D eigenvalue weighted by molar-refractivity contribution is 0.0466. The fraction of sp³-hybridized carbons (Fsp3) is 0.395. The van der Waals surface area contributed by atoms with Crippen LogP contribution in [0.2, 0.25) is 0 Å². The summed E-state index contributed by atoms with van der Waals surface area (Å²) in [5.74, 6) is -0.981. The van der Waals surface area contributed by atoms with Gasteiger partial charge in [-0.2, -0.15) is 0 Å². The summed E-state index contributed by atoms with van der Waals surface area (Å²) in [7, 11) is 0. The Morgan fingerprint density at radius 2 is 1.76 bits per heavy atom. The number of morpholine rings is 1. The highest BCUT2D eigenvalue weighted by atomic mass is 16.6. The average Bonchev–Trinajstić information content (AvgIpc) is 3.09. The molecule has 2 N–H and O–H groups in total. The van der Waals surface area contributed by atoms with Crippen molar-refractivity contribution in [2.24, 2.45) is 5.92 Å². The average molecular weight is 681 g/mol. The van der Waals surface area contributed by atoms with E-state index >= 15 is 0 Å². The highest BCUT2D eigenvalue weighted by Gasteiger charge is 2.30. The van der Waals surface area contributed by atoms with Crippen LogP contribution in [-0.2, 0) is 20.8 Å². The molecular weight excluding hydrogens is 636 g/mol. The molecule has 2 saturated heterocycles. The van der Waals surface area contributed by atoms with Crippen molar-refractivity contribution in [1.82, 2.24) is 15.3 Å². The minimum Gasteiger partial charge on any atom is -0.457 e. The van der Waals surface area contributed by atoms with E-state index in [0.717, 1.165) is 36.4 Å². The van der Waals surface area contributed by atoms with Gasteiger partial charge in [0.05, 0.1) is 41.9 Å². The Kier molecular flexibility index (Phi) is 10.5. The molecule has 0 saturated carbocycles. The number of benzene rings is 2. The van der Waals surface area contributed by atoms with Crippen LogP contribution in [0.25, 0.3) is 10.9 Å². The zero-order valence-corrected chi connectivity index (χ0v) is 29.0. The normalized spacial score (nSPS) is 18.0. The molecule has 262 valence electrons. The summed E-state index contributed by atoms with van der Waals surface area (Å²) in [5.41, 5.74) is 2.94. The van der Waals surface area contributed by atoms with E-state index in [1.54, 1.807) is 18.5 Å². The lowest BCUT2D eigenvalue weighted by Crippen LogP contribution is -2.51. The Bertz CT molecular complexity index is 1840. The molecule has 0 radical (unpaired) electrons. The van der Waals surface area contributed by atoms with Crippen molar-refractivity contribution in [2.45, 2.75) is 52.4 Å². The monoisotopic (exact) mass is 680 g/mol. The molecule has 12 heteroatoms. The molecule has 2 aromatic heterocycles. The van der Waals surface area contributed by atoms with Crippen molar-refractivity contribution in [3.05, 3.63) is 89.9 Å². The van der Waals surface area contributed by atoms with Crippen molar-refractivity contribution >= 4 is 45.9 Å². The van der Waals surface area contributed by atoms with Gasteiger partial charge in [-0.25, -0.2) is 14.6 Å². The van der Waals surface area contributed by atoms with Crippen LogP contribution < -0.4 is 20.4 Å². The molecule has 0 aliphatic carbocycles. The lowest BCUT2D eigenvalue weighted by Gasteiger charge is -2.39. The zero-order valence-electron chi connectivity index (χ0n) is 29.0. The number of anilines is 3. The molecule has 0 spiro atoms. The van der Waals surface area contributed by atoms with Gasteiger partial charge in [0.1, 0.15) is 17.9 Å². The van der Waals surface area contributed by atoms with E-state index < -0.39 is 23.6 Å². The fourth-order valence-electron chi connectivity index (χ4n) is 6.37. The summed E-state index contributed by atoms with van der Waals surface area (Å²) < 4.78 is 16.7. The fourth-order valence-corrected chi connectivity index (χ4v) is 6.37. The van der Waals surface area contributed by atoms with Gasteiger partial charge < -0.3 is 34.6 Å². The summed E-state index contributed by atoms with van der Waals surface area (Å²) in [4.78, 5) is 53.7. The summed E-state index contributed by atoms with van der Waals surface area (Å²) in [5, 5.41) is 6.69. The smallest absolute Gasteiger partial charge is 0.407 e. The lowest BCUT2D eigenvalue weighted by atomic mass is 9.95. The van der Waals surface area contributed by atoms with Crippen LogP contribution in [0.4, 0.5) is 21.9 Å². The van der Waals surface area contributed by atoms with Crippen LogP contribution in [-0.4, -0.2) is 79.0 Å². The molecule has 50 heavy (non-hydrogen) atoms. The summed E-state index contributed by atoms with van der Waals surface area (Å²) in [6.07, 6.45) is 3.55. The predicted octanol–water partition coefficient (Wildman–Crippen LogP) is 5.82. The number of carbonyl (C=O) groups excluding carboxylic acids is 3. The molecule has 4 heterocycles. The third-order valence-corrected chi connectivity index (χ3v) is 8.59. The topological polar surface area (TPSA) is 135 Å². The molecule has 0 bridgehead atoms. The third kappa shape index (κ3) is 8.67. The van der Waals surface area contributed by atoms with Crippen LogP contribution in [0, 0.1) is 5.92 Å². The number of piperidine rings is 1. The van der Waals surface area contributed by atoms with Crippen molar-refractivity contribution in [3.8, 4) is 0 Å². The number of pyridine rings is 2. The molecule has 2 aliphatic rings. The molecule has 0 unspecified atom stereocenters. The molecule has 12 nitrogen and oxygen atoms in total. The number of nitrogens with zero attached hydrogens (tertiary/aromatic N) is 4. The van der Waals surface area contributed by atoms with Crippen molar-refractivity contribution < 1.29 is 28.6 Å². The maximum absolute atomic E-state index is 14.2. The van der Waals surface area contributed by atoms with Crippen LogP contribution in [0.1, 0.15) is 60.5 Å². The first-order valence-electron chi connectivity index (χ1n) is 17.0. The second-order valence-corrected chi connectivity index (χ2v) is 13.9. The van der Waals surface area contributed by atoms with Gasteiger partial charge in [-0.3, -0.25) is 9.78 Å². The third-order valence-electron chi connectivity index (χ3n) is 8.59. The maximum Gasteiger partial charge on any atom is 0.407 e. The molecule has 2 aliphatic heterocycles. The number of hydrogen-bond donors (Lipinski definition) is 2. The Hall–Kier alpha value is -5.23. The standard InChI is InChI=1S/C38H44N6O6/c1-25-18-28(40-37(47)50-38(2,3)4)23-44(22-25)33-12-13-39-21-32(33)42-35(45)34-30(36(46)49-24-26-8-6-5-7-9-26)19-27-10-11-29(20-31(27)41-34)43-14-16-48-17-15-43/h5-13,19-21,25,28H,14-18,22-24H2,1-4H3,(H,40,47)(H,42,45)/t25-,28+/m1/s1. The second-order valence-electron chi connectivity index (χ2n) is 13.9. The van der Waals surface area contributed by atoms with E-state index in [9.17, 15) is 14.4 Å². The van der Waals surface area contributed by atoms with Crippen LogP contribution in [0.15, 0.2) is 73.1 Å². The first kappa shape index (κ1) is 34.6. The van der Waals surface area contributed by atoms with Gasteiger partial charge in [-0.1, -0.05) is 43.3 Å². The van der Waals surface area contributed by atoms with Gasteiger partial charge in [0.15, 0.2) is 0 Å². The number of ether oxygens (including phenoxy) is 3. The Labute approximate surface area is 292 Å². The number of rotatable bonds is 8. The largest absolute Gasteiger partial charge is 0.457 e. The van der Waals surface area contributed by atoms with E-state index in [-0.39, 0.29) is 29.8 Å². The molecule has 2 fully saturated rings. The Balaban J connectivity index is 1.28. The number of esters is 1. The Morgan fingerprint density at radius 1 is 0.980 bits per heavy atom. The number of hydrogen-bond acceptors (Lipinski definition) is 10. The van der Waals surface area contributed by atoms with Gasteiger partial charge >= 0.3 is 12.1 Å². The number of carbonyl (C=O) groups is 3. The van der Waals surface area contributed by atoms with Gasteiger partial charge in [0.2, 0.25) is 0 Å². The first-order valence-corrected chi connectivity index (χ1v) is 17.0. The van der Waals surface area contributed by atoms with E-state index in [2.05, 4.69) is 32.3 Å². The number of alkyl carbamates (subject to hydrolysis) is 1. The number of aromatic nitrogens is 2. The molecule has 2 aromatic carbocycles. The molecule has 2 atom stereocenters. The van der Waals surface area contributed by atoms with Crippen molar-refractivity contribution in [1.29, 1.82) is 0 Å². The minimum absolute atomic E-state index is 0.0487. The van der Waals surface area contributed by atoms with Crippen LogP contribution in [0.3, 0.4) is 0 Å². The van der Waals surface area contributed by atoms with Crippen LogP contribution in [0.5, 0.6) is 0 Å². The highest BCUT2D eigenvalue weighted by Crippen LogP contribution is 2.31. The van der Waals surface area contributed by atoms with Crippen molar-refractivity contribution in [3.63, 3.8) is 0 Å². The van der Waals surface area contributed by atoms with E-state index in [0.29, 0.717) is 42.9 Å². The molecular formula is C38H44N6O6. The maximum atomic E-state index is 14.2. The van der Waals surface area contributed by atoms with E-state index in [4.69, 9.17) is 19.2 Å². The number of nitrogens with one attached hydrogen (secondary N) is 2. The molecule has 2 amide bonds. The Morgan fingerprint density at radius 3 is 2.52 bits per heavy atom. The summed E-state index contributed by atoms with van der Waals surface area (Å²) >= 11 is 0. The van der Waals surface area contributed by atoms with E-state index in [1.807, 2.05) is 75.4 Å². The van der Waals surface area contributed by atoms with E-state index in [1.165, 1.54) is 0 Å². The molecule has 4 aromatic rings. The summed E-state index contributed by atoms with van der Waals surface area (Å²) in [6, 6.07) is 18.5. The number of fused-ring (bicyclic) bond motifs is 1. The van der Waals surface area contributed by atoms with Gasteiger partial charge in [0, 0.05) is 49.5 Å². The quantitative estimate of drug-likeness (QED) is 0.219. The summed E-state index contributed by atoms with van der Waals surface area (Å²) in [6.45, 7) is 11.6. The van der Waals surface area contributed by atoms with Crippen molar-refractivity contribution in [2.75, 3.05) is 54.5 Å².